The van der Waals surface area contributed by atoms with Crippen molar-refractivity contribution in [1.29, 1.82) is 0 Å². The molecule has 1 atom stereocenters. The zero-order valence-corrected chi connectivity index (χ0v) is 12.2. The minimum absolute atomic E-state index is 0.317. The van der Waals surface area contributed by atoms with Crippen LogP contribution in [0.15, 0.2) is 18.2 Å². The van der Waals surface area contributed by atoms with E-state index in [4.69, 9.17) is 4.74 Å². The van der Waals surface area contributed by atoms with Gasteiger partial charge < -0.3 is 10.1 Å². The number of benzene rings is 1. The Kier molecular flexibility index (Phi) is 3.42. The van der Waals surface area contributed by atoms with E-state index in [1.165, 1.54) is 56.2 Å². The van der Waals surface area contributed by atoms with Gasteiger partial charge in [-0.3, -0.25) is 0 Å². The molecular weight excluding hydrogens is 234 g/mol. The van der Waals surface area contributed by atoms with Crippen LogP contribution in [-0.2, 0) is 0 Å². The lowest BCUT2D eigenvalue weighted by atomic mass is 9.75. The number of nitrogens with one attached hydrogen (secondary N) is 1. The van der Waals surface area contributed by atoms with Gasteiger partial charge in [0.15, 0.2) is 0 Å². The smallest absolute Gasteiger partial charge is 0.142 e. The minimum Gasteiger partial charge on any atom is -0.495 e. The second-order valence-electron chi connectivity index (χ2n) is 6.35. The summed E-state index contributed by atoms with van der Waals surface area (Å²) in [5.41, 5.74) is 3.00. The number of fused-ring (bicyclic) bond motifs is 1. The lowest BCUT2D eigenvalue weighted by Gasteiger charge is -2.43. The molecule has 0 saturated heterocycles. The van der Waals surface area contributed by atoms with Gasteiger partial charge in [-0.05, 0) is 36.8 Å². The van der Waals surface area contributed by atoms with Gasteiger partial charge in [0.2, 0.25) is 0 Å². The molecule has 2 heteroatoms. The predicted molar refractivity (Wildman–Crippen MR) is 80.1 cm³/mol. The Balaban J connectivity index is 1.97. The van der Waals surface area contributed by atoms with Crippen molar-refractivity contribution in [2.24, 2.45) is 0 Å². The van der Waals surface area contributed by atoms with E-state index in [0.717, 1.165) is 5.75 Å². The molecule has 1 unspecified atom stereocenters. The van der Waals surface area contributed by atoms with Gasteiger partial charge in [0, 0.05) is 5.54 Å². The van der Waals surface area contributed by atoms with Crippen LogP contribution in [0.25, 0.3) is 0 Å². The lowest BCUT2D eigenvalue weighted by molar-refractivity contribution is 0.338. The van der Waals surface area contributed by atoms with Gasteiger partial charge in [0.1, 0.15) is 5.75 Å². The van der Waals surface area contributed by atoms with Gasteiger partial charge in [-0.15, -0.1) is 0 Å². The molecule has 1 fully saturated rings. The van der Waals surface area contributed by atoms with Gasteiger partial charge in [0.05, 0.1) is 12.8 Å². The van der Waals surface area contributed by atoms with Crippen LogP contribution in [0.5, 0.6) is 5.75 Å². The van der Waals surface area contributed by atoms with Gasteiger partial charge >= 0.3 is 0 Å². The second kappa shape index (κ2) is 5.07. The van der Waals surface area contributed by atoms with Crippen molar-refractivity contribution < 1.29 is 4.74 Å². The Morgan fingerprint density at radius 3 is 2.58 bits per heavy atom. The van der Waals surface area contributed by atoms with E-state index in [1.807, 2.05) is 0 Å². The molecular formula is C17H25NO. The summed E-state index contributed by atoms with van der Waals surface area (Å²) in [5, 5.41) is 3.88. The molecule has 1 aromatic rings. The summed E-state index contributed by atoms with van der Waals surface area (Å²) >= 11 is 0. The number of hydrogen-bond acceptors (Lipinski definition) is 2. The van der Waals surface area contributed by atoms with E-state index < -0.39 is 0 Å². The largest absolute Gasteiger partial charge is 0.495 e. The maximum absolute atomic E-state index is 5.56. The first-order chi connectivity index (χ1) is 9.24. The zero-order valence-electron chi connectivity index (χ0n) is 12.2. The van der Waals surface area contributed by atoms with Crippen LogP contribution in [0, 0.1) is 0 Å². The molecule has 0 aromatic heterocycles. The number of ether oxygens (including phenoxy) is 1. The highest BCUT2D eigenvalue weighted by Crippen LogP contribution is 2.47. The van der Waals surface area contributed by atoms with Crippen LogP contribution in [0.1, 0.15) is 63.4 Å². The Labute approximate surface area is 116 Å². The molecule has 1 aliphatic carbocycles. The first-order valence-electron chi connectivity index (χ1n) is 7.69. The van der Waals surface area contributed by atoms with E-state index in [1.54, 1.807) is 7.11 Å². The number of para-hydroxylation sites is 1. The third kappa shape index (κ3) is 2.33. The summed E-state index contributed by atoms with van der Waals surface area (Å²) in [6.07, 6.45) is 9.43. The van der Waals surface area contributed by atoms with E-state index in [9.17, 15) is 0 Å². The number of methoxy groups -OCH3 is 1. The van der Waals surface area contributed by atoms with Gasteiger partial charge in [-0.2, -0.15) is 0 Å². The molecule has 1 saturated carbocycles. The maximum atomic E-state index is 5.56. The van der Waals surface area contributed by atoms with Gasteiger partial charge in [-0.1, -0.05) is 44.7 Å². The number of anilines is 1. The van der Waals surface area contributed by atoms with Crippen LogP contribution in [0.4, 0.5) is 5.69 Å². The highest BCUT2D eigenvalue weighted by molar-refractivity contribution is 5.66. The maximum Gasteiger partial charge on any atom is 0.142 e. The third-order valence-corrected chi connectivity index (χ3v) is 4.96. The van der Waals surface area contributed by atoms with Crippen molar-refractivity contribution >= 4 is 5.69 Å². The highest BCUT2D eigenvalue weighted by Gasteiger charge is 2.38. The summed E-state index contributed by atoms with van der Waals surface area (Å²) in [4.78, 5) is 0. The van der Waals surface area contributed by atoms with Crippen LogP contribution >= 0.6 is 0 Å². The average molecular weight is 259 g/mol. The molecule has 104 valence electrons. The molecule has 0 bridgehead atoms. The van der Waals surface area contributed by atoms with Crippen LogP contribution in [0.3, 0.4) is 0 Å². The Morgan fingerprint density at radius 2 is 1.89 bits per heavy atom. The SMILES string of the molecule is COc1cccc2c1NC1(CCCCCC1)CC2C. The highest BCUT2D eigenvalue weighted by atomic mass is 16.5. The molecule has 2 aliphatic rings. The van der Waals surface area contributed by atoms with E-state index in [-0.39, 0.29) is 0 Å². The van der Waals surface area contributed by atoms with Crippen molar-refractivity contribution in [3.05, 3.63) is 23.8 Å². The third-order valence-electron chi connectivity index (χ3n) is 4.96. The summed E-state index contributed by atoms with van der Waals surface area (Å²) < 4.78 is 5.56. The second-order valence-corrected chi connectivity index (χ2v) is 6.35. The van der Waals surface area contributed by atoms with Gasteiger partial charge in [0.25, 0.3) is 0 Å². The fourth-order valence-corrected chi connectivity index (χ4v) is 4.01. The van der Waals surface area contributed by atoms with E-state index >= 15 is 0 Å². The quantitative estimate of drug-likeness (QED) is 0.788. The Morgan fingerprint density at radius 1 is 1.16 bits per heavy atom. The summed E-state index contributed by atoms with van der Waals surface area (Å²) in [7, 11) is 1.77. The molecule has 1 spiro atoms. The van der Waals surface area contributed by atoms with Crippen LogP contribution in [-0.4, -0.2) is 12.6 Å². The summed E-state index contributed by atoms with van der Waals surface area (Å²) in [6.45, 7) is 2.37. The summed E-state index contributed by atoms with van der Waals surface area (Å²) in [5.74, 6) is 1.64. The van der Waals surface area contributed by atoms with Gasteiger partial charge in [-0.25, -0.2) is 0 Å². The Hall–Kier alpha value is -1.18. The fourth-order valence-electron chi connectivity index (χ4n) is 4.01. The first kappa shape index (κ1) is 12.8. The molecule has 3 rings (SSSR count). The zero-order chi connectivity index (χ0) is 13.3. The van der Waals surface area contributed by atoms with Crippen molar-refractivity contribution in [2.75, 3.05) is 12.4 Å². The predicted octanol–water partition coefficient (Wildman–Crippen LogP) is 4.71. The molecule has 1 aliphatic heterocycles. The molecule has 1 N–H and O–H groups in total. The topological polar surface area (TPSA) is 21.3 Å². The van der Waals surface area contributed by atoms with E-state index in [2.05, 4.69) is 30.4 Å². The van der Waals surface area contributed by atoms with Crippen molar-refractivity contribution in [1.82, 2.24) is 0 Å². The minimum atomic E-state index is 0.317. The first-order valence-corrected chi connectivity index (χ1v) is 7.69. The van der Waals surface area contributed by atoms with E-state index in [0.29, 0.717) is 11.5 Å². The van der Waals surface area contributed by atoms with Crippen LogP contribution in [0.2, 0.25) is 0 Å². The molecule has 2 nitrogen and oxygen atoms in total. The van der Waals surface area contributed by atoms with Crippen molar-refractivity contribution in [3.8, 4) is 5.75 Å². The Bertz CT molecular complexity index is 447. The average Bonchev–Trinajstić information content (AvgIpc) is 2.64. The number of rotatable bonds is 1. The molecule has 0 radical (unpaired) electrons. The molecule has 1 heterocycles. The van der Waals surface area contributed by atoms with Crippen molar-refractivity contribution in [2.45, 2.75) is 63.3 Å². The standard InChI is InChI=1S/C17H25NO/c1-13-12-17(10-5-3-4-6-11-17)18-16-14(13)8-7-9-15(16)19-2/h7-9,13,18H,3-6,10-12H2,1-2H3. The molecule has 1 aromatic carbocycles. The lowest BCUT2D eigenvalue weighted by Crippen LogP contribution is -2.42. The monoisotopic (exact) mass is 259 g/mol. The molecule has 19 heavy (non-hydrogen) atoms. The van der Waals surface area contributed by atoms with Crippen LogP contribution < -0.4 is 10.1 Å². The molecule has 0 amide bonds. The summed E-state index contributed by atoms with van der Waals surface area (Å²) in [6, 6.07) is 6.44. The number of hydrogen-bond donors (Lipinski definition) is 1. The van der Waals surface area contributed by atoms with Crippen molar-refractivity contribution in [3.63, 3.8) is 0 Å². The fraction of sp³-hybridized carbons (Fsp3) is 0.647. The normalized spacial score (nSPS) is 25.3.